The van der Waals surface area contributed by atoms with Gasteiger partial charge in [0.05, 0.1) is 35.7 Å². The highest BCUT2D eigenvalue weighted by Gasteiger charge is 2.33. The summed E-state index contributed by atoms with van der Waals surface area (Å²) in [6, 6.07) is 14.0. The SMILES string of the molecule is Cc1cc(NC(=O)CN(C)CC(=O)Nc2ccccc2C(F)(F)F)n(-c2ccccc2C)n1. The molecule has 3 rings (SSSR count). The highest BCUT2D eigenvalue weighted by atomic mass is 19.4. The van der Waals surface area contributed by atoms with Gasteiger partial charge in [0.1, 0.15) is 5.82 Å². The Morgan fingerprint density at radius 1 is 0.970 bits per heavy atom. The zero-order valence-electron chi connectivity index (χ0n) is 18.4. The molecule has 33 heavy (non-hydrogen) atoms. The molecular formula is C23H24F3N5O2. The van der Waals surface area contributed by atoms with Gasteiger partial charge in [0, 0.05) is 6.07 Å². The summed E-state index contributed by atoms with van der Waals surface area (Å²) in [7, 11) is 1.53. The molecule has 0 saturated heterocycles. The van der Waals surface area contributed by atoms with E-state index in [4.69, 9.17) is 0 Å². The second-order valence-corrected chi connectivity index (χ2v) is 7.68. The van der Waals surface area contributed by atoms with Gasteiger partial charge in [-0.3, -0.25) is 14.5 Å². The number of rotatable bonds is 7. The van der Waals surface area contributed by atoms with Gasteiger partial charge in [0.25, 0.3) is 0 Å². The van der Waals surface area contributed by atoms with Crippen LogP contribution in [-0.4, -0.2) is 46.6 Å². The molecule has 10 heteroatoms. The van der Waals surface area contributed by atoms with Crippen molar-refractivity contribution in [3.05, 3.63) is 71.4 Å². The molecule has 3 aromatic rings. The minimum Gasteiger partial charge on any atom is -0.324 e. The Bertz CT molecular complexity index is 1160. The molecule has 0 fully saturated rings. The number of aromatic nitrogens is 2. The molecule has 0 unspecified atom stereocenters. The van der Waals surface area contributed by atoms with Gasteiger partial charge < -0.3 is 10.6 Å². The van der Waals surface area contributed by atoms with Gasteiger partial charge in [-0.15, -0.1) is 0 Å². The number of hydrogen-bond acceptors (Lipinski definition) is 4. The number of aryl methyl sites for hydroxylation is 2. The van der Waals surface area contributed by atoms with Crippen molar-refractivity contribution in [2.45, 2.75) is 20.0 Å². The largest absolute Gasteiger partial charge is 0.418 e. The maximum Gasteiger partial charge on any atom is 0.418 e. The summed E-state index contributed by atoms with van der Waals surface area (Å²) < 4.78 is 40.9. The number of nitrogens with zero attached hydrogens (tertiary/aromatic N) is 3. The zero-order chi connectivity index (χ0) is 24.2. The lowest BCUT2D eigenvalue weighted by molar-refractivity contribution is -0.137. The molecule has 1 heterocycles. The summed E-state index contributed by atoms with van der Waals surface area (Å²) in [5.74, 6) is -0.581. The molecule has 1 aromatic heterocycles. The summed E-state index contributed by atoms with van der Waals surface area (Å²) in [4.78, 5) is 26.2. The Morgan fingerprint density at radius 3 is 2.24 bits per heavy atom. The maximum atomic E-state index is 13.1. The number of amides is 2. The van der Waals surface area contributed by atoms with Crippen LogP contribution < -0.4 is 10.6 Å². The van der Waals surface area contributed by atoms with E-state index in [9.17, 15) is 22.8 Å². The topological polar surface area (TPSA) is 79.3 Å². The van der Waals surface area contributed by atoms with Crippen LogP contribution in [0.1, 0.15) is 16.8 Å². The fourth-order valence-electron chi connectivity index (χ4n) is 3.33. The molecule has 174 valence electrons. The number of nitrogens with one attached hydrogen (secondary N) is 2. The average molecular weight is 459 g/mol. The molecule has 0 bridgehead atoms. The minimum absolute atomic E-state index is 0.146. The molecule has 0 aliphatic heterocycles. The van der Waals surface area contributed by atoms with Crippen LogP contribution in [0, 0.1) is 13.8 Å². The molecule has 2 amide bonds. The lowest BCUT2D eigenvalue weighted by Crippen LogP contribution is -2.36. The molecular weight excluding hydrogens is 435 g/mol. The Kier molecular flexibility index (Phi) is 7.17. The summed E-state index contributed by atoms with van der Waals surface area (Å²) in [5.41, 5.74) is 1.25. The van der Waals surface area contributed by atoms with Crippen molar-refractivity contribution < 1.29 is 22.8 Å². The normalized spacial score (nSPS) is 11.5. The standard InChI is InChI=1S/C23H24F3N5O2/c1-15-8-4-7-11-19(15)31-20(12-16(2)29-31)28-22(33)14-30(3)13-21(32)27-18-10-6-5-9-17(18)23(24,25)26/h4-12H,13-14H2,1-3H3,(H,27,32)(H,28,33). The van der Waals surface area contributed by atoms with E-state index in [1.54, 1.807) is 17.7 Å². The molecule has 7 nitrogen and oxygen atoms in total. The summed E-state index contributed by atoms with van der Waals surface area (Å²) >= 11 is 0. The summed E-state index contributed by atoms with van der Waals surface area (Å²) in [5, 5.41) is 9.47. The van der Waals surface area contributed by atoms with E-state index >= 15 is 0 Å². The van der Waals surface area contributed by atoms with E-state index in [1.807, 2.05) is 31.2 Å². The number of para-hydroxylation sites is 2. The quantitative estimate of drug-likeness (QED) is 0.560. The van der Waals surface area contributed by atoms with Gasteiger partial charge in [-0.1, -0.05) is 30.3 Å². The number of anilines is 2. The number of halogens is 3. The van der Waals surface area contributed by atoms with Crippen LogP contribution in [0.25, 0.3) is 5.69 Å². The number of carbonyl (C=O) groups excluding carboxylic acids is 2. The fourth-order valence-corrected chi connectivity index (χ4v) is 3.33. The van der Waals surface area contributed by atoms with Crippen LogP contribution in [0.4, 0.5) is 24.7 Å². The highest BCUT2D eigenvalue weighted by molar-refractivity contribution is 5.95. The molecule has 0 saturated carbocycles. The first-order chi connectivity index (χ1) is 15.5. The van der Waals surface area contributed by atoms with Crippen LogP contribution >= 0.6 is 0 Å². The molecule has 0 aliphatic carbocycles. The summed E-state index contributed by atoms with van der Waals surface area (Å²) in [6.45, 7) is 3.32. The molecule has 2 aromatic carbocycles. The van der Waals surface area contributed by atoms with Crippen molar-refractivity contribution in [3.63, 3.8) is 0 Å². The van der Waals surface area contributed by atoms with E-state index in [0.29, 0.717) is 11.5 Å². The van der Waals surface area contributed by atoms with Gasteiger partial charge >= 0.3 is 6.18 Å². The number of benzene rings is 2. The zero-order valence-corrected chi connectivity index (χ0v) is 18.4. The Morgan fingerprint density at radius 2 is 1.58 bits per heavy atom. The minimum atomic E-state index is -4.59. The lowest BCUT2D eigenvalue weighted by atomic mass is 10.1. The number of likely N-dealkylation sites (N-methyl/N-ethyl adjacent to an activating group) is 1. The van der Waals surface area contributed by atoms with Gasteiger partial charge in [-0.2, -0.15) is 18.3 Å². The molecule has 2 N–H and O–H groups in total. The molecule has 0 radical (unpaired) electrons. The number of hydrogen-bond donors (Lipinski definition) is 2. The lowest BCUT2D eigenvalue weighted by Gasteiger charge is -2.18. The second kappa shape index (κ2) is 9.86. The number of carbonyl (C=O) groups is 2. The van der Waals surface area contributed by atoms with Crippen molar-refractivity contribution in [3.8, 4) is 5.69 Å². The Labute approximate surface area is 189 Å². The van der Waals surface area contributed by atoms with Crippen LogP contribution in [0.5, 0.6) is 0 Å². The average Bonchev–Trinajstić information content (AvgIpc) is 3.07. The monoisotopic (exact) mass is 459 g/mol. The van der Waals surface area contributed by atoms with E-state index in [0.717, 1.165) is 17.3 Å². The predicted molar refractivity (Wildman–Crippen MR) is 119 cm³/mol. The van der Waals surface area contributed by atoms with E-state index in [2.05, 4.69) is 15.7 Å². The van der Waals surface area contributed by atoms with Crippen molar-refractivity contribution >= 4 is 23.3 Å². The molecule has 0 atom stereocenters. The Hall–Kier alpha value is -3.66. The van der Waals surface area contributed by atoms with Crippen molar-refractivity contribution in [1.29, 1.82) is 0 Å². The fraction of sp³-hybridized carbons (Fsp3) is 0.261. The first-order valence-corrected chi connectivity index (χ1v) is 10.1. The third-order valence-corrected chi connectivity index (χ3v) is 4.78. The van der Waals surface area contributed by atoms with Crippen LogP contribution in [0.3, 0.4) is 0 Å². The molecule has 0 aliphatic rings. The van der Waals surface area contributed by atoms with Crippen LogP contribution in [0.2, 0.25) is 0 Å². The van der Waals surface area contributed by atoms with Crippen molar-refractivity contribution in [2.24, 2.45) is 0 Å². The van der Waals surface area contributed by atoms with Gasteiger partial charge in [0.15, 0.2) is 0 Å². The van der Waals surface area contributed by atoms with Gasteiger partial charge in [-0.05, 0) is 44.7 Å². The van der Waals surface area contributed by atoms with E-state index < -0.39 is 23.6 Å². The van der Waals surface area contributed by atoms with E-state index in [-0.39, 0.29) is 18.8 Å². The second-order valence-electron chi connectivity index (χ2n) is 7.68. The number of alkyl halides is 3. The summed E-state index contributed by atoms with van der Waals surface area (Å²) in [6.07, 6.45) is -4.59. The first-order valence-electron chi connectivity index (χ1n) is 10.1. The molecule has 0 spiro atoms. The van der Waals surface area contributed by atoms with Crippen molar-refractivity contribution in [1.82, 2.24) is 14.7 Å². The third kappa shape index (κ3) is 6.19. The predicted octanol–water partition coefficient (Wildman–Crippen LogP) is 4.02. The van der Waals surface area contributed by atoms with Crippen molar-refractivity contribution in [2.75, 3.05) is 30.8 Å². The third-order valence-electron chi connectivity index (χ3n) is 4.78. The van der Waals surface area contributed by atoms with Crippen LogP contribution in [0.15, 0.2) is 54.6 Å². The van der Waals surface area contributed by atoms with E-state index in [1.165, 1.54) is 30.1 Å². The highest BCUT2D eigenvalue weighted by Crippen LogP contribution is 2.34. The Balaban J connectivity index is 1.62. The maximum absolute atomic E-state index is 13.1. The van der Waals surface area contributed by atoms with Gasteiger partial charge in [-0.25, -0.2) is 4.68 Å². The van der Waals surface area contributed by atoms with Crippen LogP contribution in [-0.2, 0) is 15.8 Å². The first kappa shape index (κ1) is 24.0. The smallest absolute Gasteiger partial charge is 0.324 e. The van der Waals surface area contributed by atoms with Gasteiger partial charge in [0.2, 0.25) is 11.8 Å².